The van der Waals surface area contributed by atoms with E-state index in [4.69, 9.17) is 4.74 Å². The normalized spacial score (nSPS) is 19.1. The van der Waals surface area contributed by atoms with Crippen molar-refractivity contribution in [2.75, 3.05) is 18.0 Å². The number of nitrogens with zero attached hydrogens (tertiary/aromatic N) is 4. The first kappa shape index (κ1) is 21.7. The van der Waals surface area contributed by atoms with E-state index < -0.39 is 11.7 Å². The number of hydrogen-bond donors (Lipinski definition) is 0. The first-order valence-electron chi connectivity index (χ1n) is 10.2. The van der Waals surface area contributed by atoms with E-state index in [9.17, 15) is 23.2 Å². The zero-order chi connectivity index (χ0) is 23.0. The number of aryl methyl sites for hydroxylation is 1. The fraction of sp³-hybridized carbons (Fsp3) is 0.348. The van der Waals surface area contributed by atoms with Crippen LogP contribution in [0, 0.1) is 17.2 Å². The highest BCUT2D eigenvalue weighted by Crippen LogP contribution is 2.33. The number of alkyl halides is 3. The van der Waals surface area contributed by atoms with Crippen molar-refractivity contribution in [2.24, 2.45) is 13.0 Å². The molecule has 32 heavy (non-hydrogen) atoms. The van der Waals surface area contributed by atoms with E-state index in [0.717, 1.165) is 12.1 Å². The average Bonchev–Trinajstić information content (AvgIpc) is 2.77. The maximum absolute atomic E-state index is 13.0. The van der Waals surface area contributed by atoms with Crippen molar-refractivity contribution in [2.45, 2.75) is 25.6 Å². The summed E-state index contributed by atoms with van der Waals surface area (Å²) in [6.07, 6.45) is -4.13. The van der Waals surface area contributed by atoms with Crippen LogP contribution >= 0.6 is 0 Å². The van der Waals surface area contributed by atoms with Gasteiger partial charge in [-0.25, -0.2) is 4.98 Å². The molecule has 0 unspecified atom stereocenters. The lowest BCUT2D eigenvalue weighted by molar-refractivity contribution is -0.137. The Balaban J connectivity index is 1.58. The molecule has 1 aromatic carbocycles. The molecule has 2 aromatic heterocycles. The molecule has 3 aromatic rings. The molecule has 2 atom stereocenters. The molecule has 0 amide bonds. The second kappa shape index (κ2) is 8.19. The number of pyridine rings is 2. The van der Waals surface area contributed by atoms with Crippen molar-refractivity contribution in [1.29, 1.82) is 5.26 Å². The smallest absolute Gasteiger partial charge is 0.416 e. The largest absolute Gasteiger partial charge is 0.490 e. The molecule has 1 saturated heterocycles. The first-order valence-corrected chi connectivity index (χ1v) is 10.2. The molecule has 3 heterocycles. The van der Waals surface area contributed by atoms with Gasteiger partial charge in [0.05, 0.1) is 16.8 Å². The molecule has 1 fully saturated rings. The number of piperidine rings is 1. The number of hydrogen-bond acceptors (Lipinski definition) is 5. The Morgan fingerprint density at radius 2 is 2.00 bits per heavy atom. The maximum atomic E-state index is 13.0. The lowest BCUT2D eigenvalue weighted by Gasteiger charge is -2.38. The first-order chi connectivity index (χ1) is 15.2. The molecule has 4 rings (SSSR count). The SMILES string of the molecule is C[C@@H]1CN(c2cc(=O)n(C)c3ccc(C#N)nc23)CC[C@@H]1Oc1cccc(C(F)(F)F)c1. The van der Waals surface area contributed by atoms with Crippen LogP contribution < -0.4 is 15.2 Å². The van der Waals surface area contributed by atoms with Crippen LogP contribution in [0.15, 0.2) is 47.3 Å². The average molecular weight is 442 g/mol. The van der Waals surface area contributed by atoms with Crippen molar-refractivity contribution in [3.8, 4) is 11.8 Å². The van der Waals surface area contributed by atoms with Gasteiger partial charge in [0.25, 0.3) is 5.56 Å². The van der Waals surface area contributed by atoms with Gasteiger partial charge in [-0.05, 0) is 30.3 Å². The van der Waals surface area contributed by atoms with Crippen molar-refractivity contribution >= 4 is 16.7 Å². The Bertz CT molecular complexity index is 1260. The molecule has 166 valence electrons. The van der Waals surface area contributed by atoms with Gasteiger partial charge in [-0.3, -0.25) is 4.79 Å². The van der Waals surface area contributed by atoms with Gasteiger partial charge in [-0.15, -0.1) is 0 Å². The third-order valence-corrected chi connectivity index (χ3v) is 5.80. The van der Waals surface area contributed by atoms with E-state index in [2.05, 4.69) is 4.98 Å². The molecular formula is C23H21F3N4O2. The zero-order valence-electron chi connectivity index (χ0n) is 17.6. The van der Waals surface area contributed by atoms with Gasteiger partial charge < -0.3 is 14.2 Å². The van der Waals surface area contributed by atoms with Crippen LogP contribution in [0.1, 0.15) is 24.6 Å². The van der Waals surface area contributed by atoms with Gasteiger partial charge in [-0.1, -0.05) is 13.0 Å². The highest BCUT2D eigenvalue weighted by atomic mass is 19.4. The Hall–Kier alpha value is -3.54. The summed E-state index contributed by atoms with van der Waals surface area (Å²) in [7, 11) is 1.65. The molecule has 0 radical (unpaired) electrons. The molecule has 1 aliphatic rings. The Kier molecular flexibility index (Phi) is 5.55. The van der Waals surface area contributed by atoms with Crippen LogP contribution in [0.25, 0.3) is 11.0 Å². The third-order valence-electron chi connectivity index (χ3n) is 5.80. The highest BCUT2D eigenvalue weighted by Gasteiger charge is 2.32. The third kappa shape index (κ3) is 4.13. The number of benzene rings is 1. The van der Waals surface area contributed by atoms with Crippen molar-refractivity contribution in [3.63, 3.8) is 0 Å². The van der Waals surface area contributed by atoms with E-state index in [-0.39, 0.29) is 29.0 Å². The predicted molar refractivity (Wildman–Crippen MR) is 114 cm³/mol. The number of anilines is 1. The summed E-state index contributed by atoms with van der Waals surface area (Å²) < 4.78 is 46.4. The Morgan fingerprint density at radius 1 is 1.22 bits per heavy atom. The Morgan fingerprint density at radius 3 is 2.69 bits per heavy atom. The molecular weight excluding hydrogens is 421 g/mol. The fourth-order valence-electron chi connectivity index (χ4n) is 4.05. The van der Waals surface area contributed by atoms with Crippen LogP contribution in [0.4, 0.5) is 18.9 Å². The van der Waals surface area contributed by atoms with Crippen molar-refractivity contribution < 1.29 is 17.9 Å². The van der Waals surface area contributed by atoms with E-state index in [1.807, 2.05) is 17.9 Å². The summed E-state index contributed by atoms with van der Waals surface area (Å²) in [4.78, 5) is 18.9. The van der Waals surface area contributed by atoms with E-state index in [0.29, 0.717) is 36.2 Å². The molecule has 0 N–H and O–H groups in total. The second-order valence-corrected chi connectivity index (χ2v) is 8.00. The summed E-state index contributed by atoms with van der Waals surface area (Å²) in [6.45, 7) is 3.03. The standard InChI is InChI=1S/C23H21F3N4O2/c1-14-13-30(9-8-20(14)32-17-5-3-4-15(10-17)23(24,25)26)19-11-21(31)29(2)18-7-6-16(12-27)28-22(18)19/h3-7,10-11,14,20H,8-9,13H2,1-2H3/t14-,20+/m1/s1. The lowest BCUT2D eigenvalue weighted by atomic mass is 9.95. The van der Waals surface area contributed by atoms with Crippen molar-refractivity contribution in [1.82, 2.24) is 9.55 Å². The van der Waals surface area contributed by atoms with Crippen LogP contribution in [0.2, 0.25) is 0 Å². The molecule has 0 spiro atoms. The minimum absolute atomic E-state index is 0.0171. The van der Waals surface area contributed by atoms with Gasteiger partial charge in [0.2, 0.25) is 0 Å². The van der Waals surface area contributed by atoms with E-state index in [1.54, 1.807) is 19.2 Å². The number of halogens is 3. The van der Waals surface area contributed by atoms with Gasteiger partial charge in [0.1, 0.15) is 29.1 Å². The van der Waals surface area contributed by atoms with Gasteiger partial charge >= 0.3 is 6.18 Å². The number of rotatable bonds is 3. The summed E-state index contributed by atoms with van der Waals surface area (Å²) >= 11 is 0. The quantitative estimate of drug-likeness (QED) is 0.610. The summed E-state index contributed by atoms with van der Waals surface area (Å²) in [5, 5.41) is 9.23. The minimum atomic E-state index is -4.43. The summed E-state index contributed by atoms with van der Waals surface area (Å²) in [6, 6.07) is 11.7. The zero-order valence-corrected chi connectivity index (χ0v) is 17.6. The van der Waals surface area contributed by atoms with Gasteiger partial charge in [0.15, 0.2) is 0 Å². The topological polar surface area (TPSA) is 71.2 Å². The maximum Gasteiger partial charge on any atom is 0.416 e. The molecule has 0 aliphatic carbocycles. The molecule has 0 bridgehead atoms. The number of aromatic nitrogens is 2. The molecule has 1 aliphatic heterocycles. The van der Waals surface area contributed by atoms with Crippen LogP contribution in [-0.2, 0) is 13.2 Å². The summed E-state index contributed by atoms with van der Waals surface area (Å²) in [5.74, 6) is 0.168. The molecule has 0 saturated carbocycles. The van der Waals surface area contributed by atoms with E-state index >= 15 is 0 Å². The molecule has 9 heteroatoms. The van der Waals surface area contributed by atoms with Gasteiger partial charge in [0, 0.05) is 38.5 Å². The minimum Gasteiger partial charge on any atom is -0.490 e. The monoisotopic (exact) mass is 442 g/mol. The number of fused-ring (bicyclic) bond motifs is 1. The van der Waals surface area contributed by atoms with Crippen LogP contribution in [0.3, 0.4) is 0 Å². The number of ether oxygens (including phenoxy) is 1. The second-order valence-electron chi connectivity index (χ2n) is 8.00. The Labute approximate surface area is 182 Å². The fourth-order valence-corrected chi connectivity index (χ4v) is 4.05. The van der Waals surface area contributed by atoms with Gasteiger partial charge in [-0.2, -0.15) is 18.4 Å². The highest BCUT2D eigenvalue weighted by molar-refractivity contribution is 5.88. The van der Waals surface area contributed by atoms with Crippen LogP contribution in [-0.4, -0.2) is 28.7 Å². The van der Waals surface area contributed by atoms with Crippen molar-refractivity contribution in [3.05, 3.63) is 64.1 Å². The number of nitriles is 1. The van der Waals surface area contributed by atoms with E-state index in [1.165, 1.54) is 22.8 Å². The lowest BCUT2D eigenvalue weighted by Crippen LogP contribution is -2.45. The van der Waals surface area contributed by atoms with Crippen LogP contribution in [0.5, 0.6) is 5.75 Å². The summed E-state index contributed by atoms with van der Waals surface area (Å²) in [5.41, 5.74) is 1.16. The molecule has 6 nitrogen and oxygen atoms in total. The predicted octanol–water partition coefficient (Wildman–Crippen LogP) is 4.12.